The number of furan rings is 1. The highest BCUT2D eigenvalue weighted by atomic mass is 32.1. The maximum atomic E-state index is 6.66. The number of para-hydroxylation sites is 2. The number of benzene rings is 6. The Bertz CT molecular complexity index is 2410. The zero-order chi connectivity index (χ0) is 26.9. The van der Waals surface area contributed by atoms with Crippen molar-refractivity contribution >= 4 is 64.5 Å². The Hall–Kier alpha value is -5.12. The monoisotopic (exact) mass is 541 g/mol. The molecule has 192 valence electrons. The van der Waals surface area contributed by atoms with Gasteiger partial charge in [0.25, 0.3) is 0 Å². The number of fused-ring (bicyclic) bond motifs is 8. The maximum absolute atomic E-state index is 6.66. The molecule has 0 aliphatic rings. The van der Waals surface area contributed by atoms with Crippen LogP contribution in [0.25, 0.3) is 81.1 Å². The number of rotatable bonds is 3. The fourth-order valence-corrected chi connectivity index (χ4v) is 7.82. The first-order valence-electron chi connectivity index (χ1n) is 13.9. The van der Waals surface area contributed by atoms with Gasteiger partial charge in [0.15, 0.2) is 5.58 Å². The summed E-state index contributed by atoms with van der Waals surface area (Å²) >= 11 is 1.89. The fraction of sp³-hybridized carbons (Fsp3) is 0. The Kier molecular flexibility index (Phi) is 4.80. The van der Waals surface area contributed by atoms with Gasteiger partial charge in [0.2, 0.25) is 0 Å². The summed E-state index contributed by atoms with van der Waals surface area (Å²) in [6, 6.07) is 49.7. The molecule has 0 spiro atoms. The van der Waals surface area contributed by atoms with Crippen LogP contribution in [-0.4, -0.2) is 4.57 Å². The van der Waals surface area contributed by atoms with Crippen LogP contribution in [0.2, 0.25) is 0 Å². The molecule has 0 atom stereocenters. The van der Waals surface area contributed by atoms with Gasteiger partial charge in [-0.1, -0.05) is 109 Å². The normalized spacial score (nSPS) is 11.9. The van der Waals surface area contributed by atoms with Crippen molar-refractivity contribution in [3.63, 3.8) is 0 Å². The van der Waals surface area contributed by atoms with Crippen LogP contribution in [0.5, 0.6) is 0 Å². The van der Waals surface area contributed by atoms with Gasteiger partial charge in [-0.05, 0) is 47.0 Å². The van der Waals surface area contributed by atoms with E-state index in [9.17, 15) is 0 Å². The minimum absolute atomic E-state index is 0.908. The van der Waals surface area contributed by atoms with E-state index in [-0.39, 0.29) is 0 Å². The van der Waals surface area contributed by atoms with Crippen LogP contribution in [0.15, 0.2) is 144 Å². The van der Waals surface area contributed by atoms with E-state index < -0.39 is 0 Å². The van der Waals surface area contributed by atoms with Gasteiger partial charge in [-0.15, -0.1) is 11.3 Å². The summed E-state index contributed by atoms with van der Waals surface area (Å²) in [5.74, 6) is 0. The topological polar surface area (TPSA) is 18.1 Å². The molecule has 9 aromatic rings. The van der Waals surface area contributed by atoms with E-state index >= 15 is 0 Å². The van der Waals surface area contributed by atoms with E-state index in [4.69, 9.17) is 4.42 Å². The Labute approximate surface area is 240 Å². The molecule has 3 aromatic heterocycles. The standard InChI is InChI=1S/C38H23NOS/c1-3-12-24(13-4-1)26-17-9-20-29-30-21-10-19-28(38(30)41-37(26)29)27-18-11-23-33-34(27)35-36(40-33)31-16-7-8-22-32(31)39(35)25-14-5-2-6-15-25/h1-23H. The molecule has 0 aliphatic heterocycles. The van der Waals surface area contributed by atoms with E-state index in [2.05, 4.69) is 144 Å². The molecular weight excluding hydrogens is 518 g/mol. The zero-order valence-corrected chi connectivity index (χ0v) is 22.9. The number of hydrogen-bond donors (Lipinski definition) is 0. The Morgan fingerprint density at radius 1 is 0.488 bits per heavy atom. The van der Waals surface area contributed by atoms with E-state index in [1.165, 1.54) is 42.4 Å². The first-order chi connectivity index (χ1) is 20.4. The zero-order valence-electron chi connectivity index (χ0n) is 22.0. The highest BCUT2D eigenvalue weighted by Gasteiger charge is 2.23. The van der Waals surface area contributed by atoms with Gasteiger partial charge >= 0.3 is 0 Å². The SMILES string of the molecule is c1ccc(-c2cccc3c2sc2c(-c4cccc5oc6c7ccccc7n(-c7ccccc7)c6c45)cccc23)cc1. The summed E-state index contributed by atoms with van der Waals surface area (Å²) in [5.41, 5.74) is 10.2. The average Bonchev–Trinajstić information content (AvgIpc) is 3.70. The van der Waals surface area contributed by atoms with Gasteiger partial charge in [0, 0.05) is 36.8 Å². The highest BCUT2D eigenvalue weighted by Crippen LogP contribution is 2.47. The van der Waals surface area contributed by atoms with Gasteiger partial charge < -0.3 is 8.98 Å². The van der Waals surface area contributed by atoms with Crippen molar-refractivity contribution < 1.29 is 4.42 Å². The van der Waals surface area contributed by atoms with Crippen LogP contribution in [0, 0.1) is 0 Å². The third-order valence-electron chi connectivity index (χ3n) is 8.22. The fourth-order valence-electron chi connectivity index (χ4n) is 6.46. The molecule has 2 nitrogen and oxygen atoms in total. The van der Waals surface area contributed by atoms with Crippen molar-refractivity contribution in [3.05, 3.63) is 140 Å². The smallest absolute Gasteiger partial charge is 0.161 e. The van der Waals surface area contributed by atoms with Crippen molar-refractivity contribution in [2.75, 3.05) is 0 Å². The lowest BCUT2D eigenvalue weighted by Gasteiger charge is -2.10. The second-order valence-corrected chi connectivity index (χ2v) is 11.5. The number of thiophene rings is 1. The Balaban J connectivity index is 1.40. The van der Waals surface area contributed by atoms with Crippen LogP contribution in [0.1, 0.15) is 0 Å². The second kappa shape index (κ2) is 8.69. The molecule has 3 heteroatoms. The number of hydrogen-bond acceptors (Lipinski definition) is 2. The van der Waals surface area contributed by atoms with Gasteiger partial charge in [0.1, 0.15) is 11.1 Å². The minimum atomic E-state index is 0.908. The molecule has 0 saturated heterocycles. The van der Waals surface area contributed by atoms with Crippen molar-refractivity contribution in [2.24, 2.45) is 0 Å². The van der Waals surface area contributed by atoms with Gasteiger partial charge in [-0.3, -0.25) is 0 Å². The molecule has 3 heterocycles. The predicted molar refractivity (Wildman–Crippen MR) is 174 cm³/mol. The van der Waals surface area contributed by atoms with Crippen molar-refractivity contribution in [2.45, 2.75) is 0 Å². The first kappa shape index (κ1) is 22.7. The second-order valence-electron chi connectivity index (χ2n) is 10.5. The molecule has 0 aliphatic carbocycles. The Morgan fingerprint density at radius 2 is 1.10 bits per heavy atom. The highest BCUT2D eigenvalue weighted by molar-refractivity contribution is 7.26. The summed E-state index contributed by atoms with van der Waals surface area (Å²) in [6.45, 7) is 0. The minimum Gasteiger partial charge on any atom is -0.454 e. The lowest BCUT2D eigenvalue weighted by Crippen LogP contribution is -1.93. The number of nitrogens with zero attached hydrogens (tertiary/aromatic N) is 1. The largest absolute Gasteiger partial charge is 0.454 e. The lowest BCUT2D eigenvalue weighted by molar-refractivity contribution is 0.673. The molecule has 0 bridgehead atoms. The van der Waals surface area contributed by atoms with Crippen LogP contribution < -0.4 is 0 Å². The Morgan fingerprint density at radius 3 is 1.90 bits per heavy atom. The maximum Gasteiger partial charge on any atom is 0.161 e. The molecule has 9 rings (SSSR count). The summed E-state index contributed by atoms with van der Waals surface area (Å²) in [4.78, 5) is 0. The molecule has 0 radical (unpaired) electrons. The van der Waals surface area contributed by atoms with Crippen LogP contribution in [-0.2, 0) is 0 Å². The molecule has 0 fully saturated rings. The van der Waals surface area contributed by atoms with Gasteiger partial charge in [0.05, 0.1) is 10.9 Å². The van der Waals surface area contributed by atoms with E-state index in [0.29, 0.717) is 0 Å². The van der Waals surface area contributed by atoms with Gasteiger partial charge in [-0.25, -0.2) is 0 Å². The van der Waals surface area contributed by atoms with E-state index in [1.54, 1.807) is 0 Å². The van der Waals surface area contributed by atoms with Crippen molar-refractivity contribution in [1.29, 1.82) is 0 Å². The van der Waals surface area contributed by atoms with Crippen LogP contribution in [0.3, 0.4) is 0 Å². The molecule has 0 amide bonds. The van der Waals surface area contributed by atoms with Crippen LogP contribution in [0.4, 0.5) is 0 Å². The lowest BCUT2D eigenvalue weighted by atomic mass is 9.98. The summed E-state index contributed by atoms with van der Waals surface area (Å²) in [7, 11) is 0. The third kappa shape index (κ3) is 3.24. The van der Waals surface area contributed by atoms with E-state index in [1.807, 2.05) is 11.3 Å². The van der Waals surface area contributed by atoms with Crippen molar-refractivity contribution in [1.82, 2.24) is 4.57 Å². The first-order valence-corrected chi connectivity index (χ1v) is 14.7. The van der Waals surface area contributed by atoms with Gasteiger partial charge in [-0.2, -0.15) is 0 Å². The summed E-state index contributed by atoms with van der Waals surface area (Å²) < 4.78 is 11.6. The molecule has 6 aromatic carbocycles. The summed E-state index contributed by atoms with van der Waals surface area (Å²) in [6.07, 6.45) is 0. The third-order valence-corrected chi connectivity index (χ3v) is 9.50. The van der Waals surface area contributed by atoms with Crippen LogP contribution >= 0.6 is 11.3 Å². The molecular formula is C38H23NOS. The predicted octanol–water partition coefficient (Wildman–Crippen LogP) is 11.2. The molecule has 41 heavy (non-hydrogen) atoms. The number of aromatic nitrogens is 1. The van der Waals surface area contributed by atoms with E-state index in [0.717, 1.165) is 38.7 Å². The average molecular weight is 542 g/mol. The quantitative estimate of drug-likeness (QED) is 0.217. The van der Waals surface area contributed by atoms with Crippen molar-refractivity contribution in [3.8, 4) is 27.9 Å². The molecule has 0 N–H and O–H groups in total. The molecule has 0 saturated carbocycles. The molecule has 0 unspecified atom stereocenters. The summed E-state index contributed by atoms with van der Waals surface area (Å²) in [5, 5.41) is 4.87.